The lowest BCUT2D eigenvalue weighted by Crippen LogP contribution is -2.58. The number of fused-ring (bicyclic) bond motifs is 1. The molecular formula is C36H44ClN3O4S. The number of benzene rings is 2. The van der Waals surface area contributed by atoms with Crippen molar-refractivity contribution in [1.82, 2.24) is 9.80 Å². The van der Waals surface area contributed by atoms with E-state index in [1.165, 1.54) is 0 Å². The van der Waals surface area contributed by atoms with Gasteiger partial charge in [0, 0.05) is 24.4 Å². The first-order valence-electron chi connectivity index (χ1n) is 15.8. The quantitative estimate of drug-likeness (QED) is 0.271. The highest BCUT2D eigenvalue weighted by atomic mass is 35.5. The van der Waals surface area contributed by atoms with Crippen LogP contribution in [0.3, 0.4) is 0 Å². The molecular weight excluding hydrogens is 606 g/mol. The Hall–Kier alpha value is -3.07. The summed E-state index contributed by atoms with van der Waals surface area (Å²) < 4.78 is -1.37. The predicted molar refractivity (Wildman–Crippen MR) is 182 cm³/mol. The van der Waals surface area contributed by atoms with E-state index in [0.717, 1.165) is 5.56 Å². The number of nitrogens with zero attached hydrogens (tertiary/aromatic N) is 3. The second-order valence-electron chi connectivity index (χ2n) is 12.8. The molecule has 9 heteroatoms. The Kier molecular flexibility index (Phi) is 9.87. The maximum absolute atomic E-state index is 15.0. The molecule has 2 aromatic rings. The van der Waals surface area contributed by atoms with Gasteiger partial charge in [0.1, 0.15) is 6.04 Å². The van der Waals surface area contributed by atoms with Gasteiger partial charge >= 0.3 is 0 Å². The first kappa shape index (κ1) is 33.3. The number of carbonyl (C=O) groups is 3. The molecule has 3 saturated heterocycles. The minimum absolute atomic E-state index is 0.0695. The fourth-order valence-electron chi connectivity index (χ4n) is 7.83. The maximum Gasteiger partial charge on any atom is 0.251 e. The molecule has 7 atom stereocenters. The van der Waals surface area contributed by atoms with E-state index in [4.69, 9.17) is 11.6 Å². The summed E-state index contributed by atoms with van der Waals surface area (Å²) >= 11 is 8.26. The number of halogens is 1. The lowest BCUT2D eigenvalue weighted by molar-refractivity contribution is -0.147. The van der Waals surface area contributed by atoms with Crippen LogP contribution in [0.2, 0.25) is 5.02 Å². The van der Waals surface area contributed by atoms with E-state index >= 15 is 0 Å². The summed E-state index contributed by atoms with van der Waals surface area (Å²) in [7, 11) is 0. The van der Waals surface area contributed by atoms with Crippen molar-refractivity contribution in [3.63, 3.8) is 0 Å². The molecule has 45 heavy (non-hydrogen) atoms. The highest BCUT2D eigenvalue weighted by molar-refractivity contribution is 8.02. The molecule has 0 saturated carbocycles. The molecule has 240 valence electrons. The third-order valence-electron chi connectivity index (χ3n) is 10.2. The SMILES string of the molecule is C=CCN(Cc1ccccc1)C(=O)[C@H]1[C@H]2C(=O)N([C@@H](CO)[C@@H](C)CC)C(C(=O)N(CC=C)c3ccccc3Cl)C23CC[C@]1(C)S3. The summed E-state index contributed by atoms with van der Waals surface area (Å²) in [6.45, 7) is 14.6. The fourth-order valence-corrected chi connectivity index (χ4v) is 10.4. The number of aliphatic hydroxyl groups excluding tert-OH is 1. The van der Waals surface area contributed by atoms with Crippen LogP contribution in [-0.2, 0) is 20.9 Å². The summed E-state index contributed by atoms with van der Waals surface area (Å²) in [6.07, 6.45) is 5.40. The molecule has 3 fully saturated rings. The van der Waals surface area contributed by atoms with Gasteiger partial charge in [0.15, 0.2) is 0 Å². The van der Waals surface area contributed by atoms with Gasteiger partial charge in [-0.15, -0.1) is 24.9 Å². The van der Waals surface area contributed by atoms with Crippen LogP contribution >= 0.6 is 23.4 Å². The normalized spacial score (nSPS) is 28.0. The molecule has 1 spiro atoms. The van der Waals surface area contributed by atoms with Gasteiger partial charge in [0.25, 0.3) is 5.91 Å². The number of aliphatic hydroxyl groups is 1. The van der Waals surface area contributed by atoms with Crippen LogP contribution in [0.5, 0.6) is 0 Å². The topological polar surface area (TPSA) is 81.2 Å². The van der Waals surface area contributed by atoms with E-state index in [-0.39, 0.29) is 36.8 Å². The zero-order chi connectivity index (χ0) is 32.5. The Morgan fingerprint density at radius 2 is 1.76 bits per heavy atom. The number of anilines is 1. The molecule has 0 aromatic heterocycles. The number of thioether (sulfide) groups is 1. The lowest BCUT2D eigenvalue weighted by atomic mass is 9.66. The van der Waals surface area contributed by atoms with Crippen molar-refractivity contribution >= 4 is 46.8 Å². The minimum Gasteiger partial charge on any atom is -0.394 e. The van der Waals surface area contributed by atoms with E-state index < -0.39 is 33.4 Å². The first-order valence-corrected chi connectivity index (χ1v) is 17.0. The Morgan fingerprint density at radius 1 is 1.09 bits per heavy atom. The van der Waals surface area contributed by atoms with Gasteiger partial charge in [0.2, 0.25) is 11.8 Å². The van der Waals surface area contributed by atoms with Crippen LogP contribution in [-0.4, -0.2) is 73.9 Å². The van der Waals surface area contributed by atoms with Crippen LogP contribution in [0.25, 0.3) is 0 Å². The molecule has 3 heterocycles. The van der Waals surface area contributed by atoms with Crippen molar-refractivity contribution in [2.75, 3.05) is 24.6 Å². The number of likely N-dealkylation sites (tertiary alicyclic amines) is 1. The Balaban J connectivity index is 1.62. The molecule has 0 radical (unpaired) electrons. The average molecular weight is 650 g/mol. The minimum atomic E-state index is -0.885. The first-order chi connectivity index (χ1) is 21.6. The zero-order valence-corrected chi connectivity index (χ0v) is 28.0. The monoisotopic (exact) mass is 649 g/mol. The third-order valence-corrected chi connectivity index (χ3v) is 12.5. The molecule has 0 aliphatic carbocycles. The Morgan fingerprint density at radius 3 is 2.38 bits per heavy atom. The molecule has 1 N–H and O–H groups in total. The van der Waals surface area contributed by atoms with E-state index in [1.54, 1.807) is 50.7 Å². The van der Waals surface area contributed by atoms with E-state index in [2.05, 4.69) is 20.1 Å². The van der Waals surface area contributed by atoms with Gasteiger partial charge in [0.05, 0.1) is 39.9 Å². The van der Waals surface area contributed by atoms with Crippen LogP contribution < -0.4 is 4.90 Å². The second-order valence-corrected chi connectivity index (χ2v) is 15.1. The van der Waals surface area contributed by atoms with Crippen molar-refractivity contribution in [3.8, 4) is 0 Å². The van der Waals surface area contributed by atoms with Gasteiger partial charge in [-0.25, -0.2) is 0 Å². The van der Waals surface area contributed by atoms with Crippen LogP contribution in [0, 0.1) is 17.8 Å². The van der Waals surface area contributed by atoms with Crippen LogP contribution in [0.15, 0.2) is 79.9 Å². The van der Waals surface area contributed by atoms with E-state index in [1.807, 2.05) is 56.3 Å². The maximum atomic E-state index is 15.0. The van der Waals surface area contributed by atoms with Crippen molar-refractivity contribution in [3.05, 3.63) is 90.5 Å². The number of hydrogen-bond acceptors (Lipinski definition) is 5. The molecule has 2 aromatic carbocycles. The molecule has 3 amide bonds. The number of para-hydroxylation sites is 1. The molecule has 2 unspecified atom stereocenters. The van der Waals surface area contributed by atoms with Crippen molar-refractivity contribution in [2.45, 2.75) is 68.2 Å². The highest BCUT2D eigenvalue weighted by Gasteiger charge is 2.78. The van der Waals surface area contributed by atoms with Gasteiger partial charge in [-0.1, -0.05) is 86.5 Å². The molecule has 3 aliphatic rings. The van der Waals surface area contributed by atoms with Gasteiger partial charge in [-0.2, -0.15) is 0 Å². The third kappa shape index (κ3) is 5.63. The molecule has 5 rings (SSSR count). The second kappa shape index (κ2) is 13.3. The van der Waals surface area contributed by atoms with Gasteiger partial charge in [-0.05, 0) is 43.4 Å². The summed E-state index contributed by atoms with van der Waals surface area (Å²) in [5, 5.41) is 11.2. The van der Waals surface area contributed by atoms with Gasteiger partial charge in [-0.3, -0.25) is 14.4 Å². The predicted octanol–water partition coefficient (Wildman–Crippen LogP) is 5.96. The number of rotatable bonds is 13. The smallest absolute Gasteiger partial charge is 0.251 e. The van der Waals surface area contributed by atoms with Crippen LogP contribution in [0.4, 0.5) is 5.69 Å². The summed E-state index contributed by atoms with van der Waals surface area (Å²) in [4.78, 5) is 49.6. The molecule has 7 nitrogen and oxygen atoms in total. The average Bonchev–Trinajstić information content (AvgIpc) is 3.61. The Bertz CT molecular complexity index is 1450. The fraction of sp³-hybridized carbons (Fsp3) is 0.472. The number of hydrogen-bond donors (Lipinski definition) is 1. The largest absolute Gasteiger partial charge is 0.394 e. The number of carbonyl (C=O) groups excluding carboxylic acids is 3. The van der Waals surface area contributed by atoms with Crippen LogP contribution in [0.1, 0.15) is 45.6 Å². The standard InChI is InChI=1S/C36H44ClN3O4S/c1-6-20-38(22-25-14-10-9-11-15-25)32(42)29-30-33(43)40(28(23-41)24(4)8-3)31(36(30)19-18-35(29,5)45-36)34(44)39(21-7-2)27-17-13-12-16-26(27)37/h6-7,9-17,24,28-31,41H,1-2,8,18-23H2,3-5H3/t24-,28-,29+,30-,31?,35-,36?/m0/s1. The number of amides is 3. The summed E-state index contributed by atoms with van der Waals surface area (Å²) in [5.41, 5.74) is 1.53. The van der Waals surface area contributed by atoms with E-state index in [9.17, 15) is 19.5 Å². The van der Waals surface area contributed by atoms with Crippen molar-refractivity contribution in [1.29, 1.82) is 0 Å². The zero-order valence-electron chi connectivity index (χ0n) is 26.4. The van der Waals surface area contributed by atoms with Crippen molar-refractivity contribution < 1.29 is 19.5 Å². The van der Waals surface area contributed by atoms with Crippen molar-refractivity contribution in [2.24, 2.45) is 17.8 Å². The van der Waals surface area contributed by atoms with Gasteiger partial charge < -0.3 is 19.8 Å². The lowest BCUT2D eigenvalue weighted by Gasteiger charge is -2.41. The molecule has 2 bridgehead atoms. The summed E-state index contributed by atoms with van der Waals surface area (Å²) in [5.74, 6) is -1.99. The highest BCUT2D eigenvalue weighted by Crippen LogP contribution is 2.72. The van der Waals surface area contributed by atoms with E-state index in [0.29, 0.717) is 43.1 Å². The Labute approximate surface area is 276 Å². The summed E-state index contributed by atoms with van der Waals surface area (Å²) in [6, 6.07) is 15.5. The molecule has 3 aliphatic heterocycles.